The number of piperidine rings is 1. The van der Waals surface area contributed by atoms with Crippen LogP contribution in [0.2, 0.25) is 0 Å². The van der Waals surface area contributed by atoms with Crippen LogP contribution in [0.3, 0.4) is 0 Å². The SMILES string of the molecule is COCC1CC2(CCN(C(=O)c3cocn3)CC2)CN1C(C)C. The van der Waals surface area contributed by atoms with Crippen molar-refractivity contribution in [2.24, 2.45) is 5.41 Å². The third-order valence-corrected chi connectivity index (χ3v) is 5.44. The van der Waals surface area contributed by atoms with Crippen LogP contribution in [0.4, 0.5) is 0 Å². The Bertz CT molecular complexity index is 521. The highest BCUT2D eigenvalue weighted by atomic mass is 16.5. The Kier molecular flexibility index (Phi) is 4.73. The van der Waals surface area contributed by atoms with Gasteiger partial charge in [0, 0.05) is 38.8 Å². The quantitative estimate of drug-likeness (QED) is 0.849. The lowest BCUT2D eigenvalue weighted by molar-refractivity contribution is 0.0576. The molecule has 1 atom stereocenters. The summed E-state index contributed by atoms with van der Waals surface area (Å²) in [6, 6.07) is 1.03. The maximum atomic E-state index is 12.4. The van der Waals surface area contributed by atoms with Crippen LogP contribution in [0.5, 0.6) is 0 Å². The molecule has 1 unspecified atom stereocenters. The second-order valence-corrected chi connectivity index (χ2v) is 7.25. The lowest BCUT2D eigenvalue weighted by atomic mass is 9.76. The number of oxazole rings is 1. The second kappa shape index (κ2) is 6.61. The van der Waals surface area contributed by atoms with Gasteiger partial charge in [-0.2, -0.15) is 0 Å². The molecule has 0 aliphatic carbocycles. The third-order valence-electron chi connectivity index (χ3n) is 5.44. The number of nitrogens with zero attached hydrogens (tertiary/aromatic N) is 3. The van der Waals surface area contributed by atoms with Crippen LogP contribution in [-0.2, 0) is 4.74 Å². The summed E-state index contributed by atoms with van der Waals surface area (Å²) in [4.78, 5) is 20.8. The van der Waals surface area contributed by atoms with Crippen molar-refractivity contribution < 1.29 is 13.9 Å². The molecule has 1 aromatic rings. The number of hydrogen-bond donors (Lipinski definition) is 0. The van der Waals surface area contributed by atoms with Gasteiger partial charge in [0.1, 0.15) is 6.26 Å². The molecular formula is C17H27N3O3. The standard InChI is InChI=1S/C17H27N3O3/c1-13(2)20-11-17(8-14(20)9-22-3)4-6-19(7-5-17)16(21)15-10-23-12-18-15/h10,12-14H,4-9,11H2,1-3H3. The van der Waals surface area contributed by atoms with E-state index in [1.807, 2.05) is 4.90 Å². The number of carbonyl (C=O) groups is 1. The number of ether oxygens (including phenoxy) is 1. The lowest BCUT2D eigenvalue weighted by Gasteiger charge is -2.39. The second-order valence-electron chi connectivity index (χ2n) is 7.25. The zero-order valence-electron chi connectivity index (χ0n) is 14.3. The van der Waals surface area contributed by atoms with Crippen molar-refractivity contribution in [3.63, 3.8) is 0 Å². The predicted molar refractivity (Wildman–Crippen MR) is 86.2 cm³/mol. The van der Waals surface area contributed by atoms with Crippen LogP contribution >= 0.6 is 0 Å². The van der Waals surface area contributed by atoms with Crippen molar-refractivity contribution in [1.82, 2.24) is 14.8 Å². The average molecular weight is 321 g/mol. The molecule has 1 amide bonds. The van der Waals surface area contributed by atoms with Crippen LogP contribution < -0.4 is 0 Å². The van der Waals surface area contributed by atoms with E-state index in [1.54, 1.807) is 7.11 Å². The topological polar surface area (TPSA) is 58.8 Å². The summed E-state index contributed by atoms with van der Waals surface area (Å²) in [6.07, 6.45) is 6.02. The fourth-order valence-corrected chi connectivity index (χ4v) is 4.18. The van der Waals surface area contributed by atoms with E-state index in [0.717, 1.165) is 39.1 Å². The first-order chi connectivity index (χ1) is 11.0. The van der Waals surface area contributed by atoms with E-state index in [2.05, 4.69) is 23.7 Å². The Morgan fingerprint density at radius 1 is 1.48 bits per heavy atom. The lowest BCUT2D eigenvalue weighted by Crippen LogP contribution is -2.45. The molecule has 0 aromatic carbocycles. The van der Waals surface area contributed by atoms with Crippen LogP contribution in [0.15, 0.2) is 17.1 Å². The maximum Gasteiger partial charge on any atom is 0.275 e. The number of likely N-dealkylation sites (tertiary alicyclic amines) is 2. The fourth-order valence-electron chi connectivity index (χ4n) is 4.18. The molecule has 6 heteroatoms. The number of carbonyl (C=O) groups excluding carboxylic acids is 1. The minimum atomic E-state index is -0.0132. The molecule has 0 N–H and O–H groups in total. The minimum absolute atomic E-state index is 0.0132. The van der Waals surface area contributed by atoms with Gasteiger partial charge in [-0.05, 0) is 38.5 Å². The van der Waals surface area contributed by atoms with Gasteiger partial charge in [0.2, 0.25) is 0 Å². The van der Waals surface area contributed by atoms with E-state index in [0.29, 0.717) is 23.2 Å². The van der Waals surface area contributed by atoms with E-state index in [-0.39, 0.29) is 5.91 Å². The van der Waals surface area contributed by atoms with Crippen molar-refractivity contribution in [3.8, 4) is 0 Å². The predicted octanol–water partition coefficient (Wildman–Crippen LogP) is 2.03. The van der Waals surface area contributed by atoms with E-state index < -0.39 is 0 Å². The zero-order chi connectivity index (χ0) is 16.4. The monoisotopic (exact) mass is 321 g/mol. The van der Waals surface area contributed by atoms with Gasteiger partial charge in [0.25, 0.3) is 5.91 Å². The van der Waals surface area contributed by atoms with Gasteiger partial charge in [-0.25, -0.2) is 4.98 Å². The number of hydrogen-bond acceptors (Lipinski definition) is 5. The van der Waals surface area contributed by atoms with Crippen LogP contribution in [0.25, 0.3) is 0 Å². The number of amides is 1. The Hall–Kier alpha value is -1.40. The molecular weight excluding hydrogens is 294 g/mol. The van der Waals surface area contributed by atoms with E-state index in [1.165, 1.54) is 19.1 Å². The first kappa shape index (κ1) is 16.5. The van der Waals surface area contributed by atoms with Gasteiger partial charge in [-0.1, -0.05) is 0 Å². The van der Waals surface area contributed by atoms with E-state index in [4.69, 9.17) is 9.15 Å². The molecule has 2 fully saturated rings. The Balaban J connectivity index is 1.63. The smallest absolute Gasteiger partial charge is 0.275 e. The van der Waals surface area contributed by atoms with Gasteiger partial charge < -0.3 is 14.1 Å². The van der Waals surface area contributed by atoms with Gasteiger partial charge in [0.05, 0.1) is 6.61 Å². The molecule has 2 aliphatic heterocycles. The molecule has 1 aromatic heterocycles. The summed E-state index contributed by atoms with van der Waals surface area (Å²) in [7, 11) is 1.78. The molecule has 6 nitrogen and oxygen atoms in total. The molecule has 0 saturated carbocycles. The maximum absolute atomic E-state index is 12.4. The molecule has 0 radical (unpaired) electrons. The first-order valence-corrected chi connectivity index (χ1v) is 8.47. The minimum Gasteiger partial charge on any atom is -0.451 e. The average Bonchev–Trinajstić information content (AvgIpc) is 3.17. The highest BCUT2D eigenvalue weighted by molar-refractivity contribution is 5.91. The number of aromatic nitrogens is 1. The van der Waals surface area contributed by atoms with Crippen LogP contribution in [-0.4, -0.2) is 66.1 Å². The summed E-state index contributed by atoms with van der Waals surface area (Å²) in [6.45, 7) is 8.02. The normalized spacial score (nSPS) is 24.7. The molecule has 2 saturated heterocycles. The Labute approximate surface area is 137 Å². The van der Waals surface area contributed by atoms with E-state index in [9.17, 15) is 4.79 Å². The van der Waals surface area contributed by atoms with Gasteiger partial charge in [-0.3, -0.25) is 9.69 Å². The van der Waals surface area contributed by atoms with Crippen LogP contribution in [0, 0.1) is 5.41 Å². The highest BCUT2D eigenvalue weighted by Crippen LogP contribution is 2.44. The molecule has 1 spiro atoms. The van der Waals surface area contributed by atoms with Gasteiger partial charge >= 0.3 is 0 Å². The summed E-state index contributed by atoms with van der Waals surface area (Å²) < 4.78 is 10.3. The molecule has 0 bridgehead atoms. The van der Waals surface area contributed by atoms with Crippen molar-refractivity contribution in [3.05, 3.63) is 18.4 Å². The Morgan fingerprint density at radius 2 is 2.22 bits per heavy atom. The summed E-state index contributed by atoms with van der Waals surface area (Å²) in [5, 5.41) is 0. The fraction of sp³-hybridized carbons (Fsp3) is 0.765. The highest BCUT2D eigenvalue weighted by Gasteiger charge is 2.46. The summed E-state index contributed by atoms with van der Waals surface area (Å²) in [5.74, 6) is -0.0132. The Morgan fingerprint density at radius 3 is 2.78 bits per heavy atom. The van der Waals surface area contributed by atoms with Crippen LogP contribution in [0.1, 0.15) is 43.6 Å². The largest absolute Gasteiger partial charge is 0.451 e. The van der Waals surface area contributed by atoms with Gasteiger partial charge in [0.15, 0.2) is 12.1 Å². The van der Waals surface area contributed by atoms with Crippen molar-refractivity contribution in [1.29, 1.82) is 0 Å². The van der Waals surface area contributed by atoms with Crippen molar-refractivity contribution >= 4 is 5.91 Å². The zero-order valence-corrected chi connectivity index (χ0v) is 14.3. The number of methoxy groups -OCH3 is 1. The first-order valence-electron chi connectivity index (χ1n) is 8.47. The molecule has 2 aliphatic rings. The summed E-state index contributed by atoms with van der Waals surface area (Å²) in [5.41, 5.74) is 0.738. The summed E-state index contributed by atoms with van der Waals surface area (Å²) >= 11 is 0. The molecule has 3 heterocycles. The third kappa shape index (κ3) is 3.28. The molecule has 23 heavy (non-hydrogen) atoms. The van der Waals surface area contributed by atoms with Crippen molar-refractivity contribution in [2.45, 2.75) is 45.2 Å². The number of rotatable bonds is 4. The van der Waals surface area contributed by atoms with Crippen molar-refractivity contribution in [2.75, 3.05) is 33.4 Å². The molecule has 3 rings (SSSR count). The van der Waals surface area contributed by atoms with Gasteiger partial charge in [-0.15, -0.1) is 0 Å². The molecule has 128 valence electrons. The van der Waals surface area contributed by atoms with E-state index >= 15 is 0 Å².